The SMILES string of the molecule is CC(Nc1ccnc(C(N)=O)c1)c1ccccc1N. The molecule has 0 aliphatic rings. The van der Waals surface area contributed by atoms with Crippen molar-refractivity contribution in [3.63, 3.8) is 0 Å². The molecule has 1 amide bonds. The Morgan fingerprint density at radius 3 is 2.74 bits per heavy atom. The number of para-hydroxylation sites is 1. The highest BCUT2D eigenvalue weighted by atomic mass is 16.1. The maximum Gasteiger partial charge on any atom is 0.267 e. The fourth-order valence-electron chi connectivity index (χ4n) is 1.89. The molecule has 2 aromatic rings. The number of carbonyl (C=O) groups is 1. The Morgan fingerprint density at radius 2 is 2.05 bits per heavy atom. The molecule has 2 rings (SSSR count). The number of nitrogens with zero attached hydrogens (tertiary/aromatic N) is 1. The molecule has 0 radical (unpaired) electrons. The summed E-state index contributed by atoms with van der Waals surface area (Å²) in [7, 11) is 0. The lowest BCUT2D eigenvalue weighted by Gasteiger charge is -2.17. The maximum absolute atomic E-state index is 11.1. The molecule has 0 fully saturated rings. The molecule has 0 saturated heterocycles. The van der Waals surface area contributed by atoms with Crippen molar-refractivity contribution in [2.45, 2.75) is 13.0 Å². The van der Waals surface area contributed by atoms with Crippen LogP contribution in [-0.4, -0.2) is 10.9 Å². The van der Waals surface area contributed by atoms with E-state index in [-0.39, 0.29) is 11.7 Å². The van der Waals surface area contributed by atoms with Crippen molar-refractivity contribution in [2.75, 3.05) is 11.1 Å². The number of hydrogen-bond donors (Lipinski definition) is 3. The Labute approximate surface area is 111 Å². The van der Waals surface area contributed by atoms with Gasteiger partial charge in [0, 0.05) is 17.6 Å². The van der Waals surface area contributed by atoms with E-state index in [1.165, 1.54) is 0 Å². The number of rotatable bonds is 4. The highest BCUT2D eigenvalue weighted by molar-refractivity contribution is 5.91. The molecule has 0 spiro atoms. The molecule has 5 heteroatoms. The van der Waals surface area contributed by atoms with Crippen molar-refractivity contribution in [1.82, 2.24) is 4.98 Å². The lowest BCUT2D eigenvalue weighted by atomic mass is 10.1. The number of aromatic nitrogens is 1. The minimum Gasteiger partial charge on any atom is -0.398 e. The van der Waals surface area contributed by atoms with Crippen LogP contribution in [-0.2, 0) is 0 Å². The van der Waals surface area contributed by atoms with E-state index in [9.17, 15) is 4.79 Å². The first-order valence-corrected chi connectivity index (χ1v) is 5.94. The van der Waals surface area contributed by atoms with Crippen LogP contribution in [0.1, 0.15) is 29.0 Å². The van der Waals surface area contributed by atoms with E-state index in [0.29, 0.717) is 0 Å². The van der Waals surface area contributed by atoms with Gasteiger partial charge >= 0.3 is 0 Å². The van der Waals surface area contributed by atoms with E-state index in [4.69, 9.17) is 11.5 Å². The zero-order valence-corrected chi connectivity index (χ0v) is 10.6. The molecule has 1 aromatic carbocycles. The number of amides is 1. The van der Waals surface area contributed by atoms with Crippen LogP contribution in [0, 0.1) is 0 Å². The molecule has 0 saturated carbocycles. The number of nitrogens with one attached hydrogen (secondary N) is 1. The van der Waals surface area contributed by atoms with Crippen LogP contribution in [0.3, 0.4) is 0 Å². The van der Waals surface area contributed by atoms with Gasteiger partial charge in [0.05, 0.1) is 6.04 Å². The quantitative estimate of drug-likeness (QED) is 0.728. The molecule has 5 nitrogen and oxygen atoms in total. The molecule has 5 N–H and O–H groups in total. The summed E-state index contributed by atoms with van der Waals surface area (Å²) in [5, 5.41) is 3.27. The van der Waals surface area contributed by atoms with E-state index in [1.54, 1.807) is 18.3 Å². The van der Waals surface area contributed by atoms with Crippen molar-refractivity contribution < 1.29 is 4.79 Å². The van der Waals surface area contributed by atoms with Gasteiger partial charge in [-0.3, -0.25) is 9.78 Å². The normalized spacial score (nSPS) is 11.8. The molecule has 0 bridgehead atoms. The minimum atomic E-state index is -0.546. The number of anilines is 2. The number of hydrogen-bond acceptors (Lipinski definition) is 4. The first-order valence-electron chi connectivity index (χ1n) is 5.94. The lowest BCUT2D eigenvalue weighted by Crippen LogP contribution is -2.14. The Bertz CT molecular complexity index is 598. The summed E-state index contributed by atoms with van der Waals surface area (Å²) < 4.78 is 0. The van der Waals surface area contributed by atoms with Crippen molar-refractivity contribution in [3.8, 4) is 0 Å². The average Bonchev–Trinajstić information content (AvgIpc) is 2.39. The molecule has 98 valence electrons. The molecular weight excluding hydrogens is 240 g/mol. The molecule has 0 aliphatic heterocycles. The number of primary amides is 1. The number of carbonyl (C=O) groups excluding carboxylic acids is 1. The molecule has 19 heavy (non-hydrogen) atoms. The second kappa shape index (κ2) is 5.39. The number of benzene rings is 1. The van der Waals surface area contributed by atoms with Crippen LogP contribution in [0.2, 0.25) is 0 Å². The Hall–Kier alpha value is -2.56. The van der Waals surface area contributed by atoms with Gasteiger partial charge in [0.1, 0.15) is 5.69 Å². The number of pyridine rings is 1. The van der Waals surface area contributed by atoms with Gasteiger partial charge in [0.25, 0.3) is 5.91 Å². The van der Waals surface area contributed by atoms with Crippen molar-refractivity contribution in [3.05, 3.63) is 53.9 Å². The lowest BCUT2D eigenvalue weighted by molar-refractivity contribution is 0.0995. The minimum absolute atomic E-state index is 0.0179. The van der Waals surface area contributed by atoms with Gasteiger partial charge in [-0.1, -0.05) is 18.2 Å². The fraction of sp³-hybridized carbons (Fsp3) is 0.143. The van der Waals surface area contributed by atoms with Crippen LogP contribution in [0.25, 0.3) is 0 Å². The maximum atomic E-state index is 11.1. The van der Waals surface area contributed by atoms with Crippen molar-refractivity contribution in [2.24, 2.45) is 5.73 Å². The number of nitrogens with two attached hydrogens (primary N) is 2. The van der Waals surface area contributed by atoms with E-state index in [2.05, 4.69) is 10.3 Å². The second-order valence-electron chi connectivity index (χ2n) is 4.29. The predicted molar refractivity (Wildman–Crippen MR) is 75.6 cm³/mol. The van der Waals surface area contributed by atoms with Crippen LogP contribution in [0.5, 0.6) is 0 Å². The summed E-state index contributed by atoms with van der Waals surface area (Å²) in [6, 6.07) is 11.1. The third-order valence-electron chi connectivity index (χ3n) is 2.86. The Kier molecular flexibility index (Phi) is 3.66. The number of nitrogen functional groups attached to an aromatic ring is 1. The van der Waals surface area contributed by atoms with Gasteiger partial charge in [-0.05, 0) is 30.7 Å². The van der Waals surface area contributed by atoms with Crippen LogP contribution in [0.15, 0.2) is 42.6 Å². The highest BCUT2D eigenvalue weighted by Crippen LogP contribution is 2.23. The molecule has 1 unspecified atom stereocenters. The molecule has 0 aliphatic carbocycles. The standard InChI is InChI=1S/C14H16N4O/c1-9(11-4-2-3-5-12(11)15)18-10-6-7-17-13(8-10)14(16)19/h2-9H,15H2,1H3,(H2,16,19)(H,17,18). The van der Waals surface area contributed by atoms with Crippen molar-refractivity contribution in [1.29, 1.82) is 0 Å². The first-order chi connectivity index (χ1) is 9.08. The Morgan fingerprint density at radius 1 is 1.32 bits per heavy atom. The van der Waals surface area contributed by atoms with Gasteiger partial charge in [0.2, 0.25) is 0 Å². The molecule has 1 aromatic heterocycles. The molecule has 1 heterocycles. The zero-order valence-electron chi connectivity index (χ0n) is 10.6. The van der Waals surface area contributed by atoms with Gasteiger partial charge in [-0.25, -0.2) is 0 Å². The van der Waals surface area contributed by atoms with Crippen LogP contribution >= 0.6 is 0 Å². The predicted octanol–water partition coefficient (Wildman–Crippen LogP) is 1.94. The summed E-state index contributed by atoms with van der Waals surface area (Å²) in [4.78, 5) is 15.0. The summed E-state index contributed by atoms with van der Waals surface area (Å²) in [5.74, 6) is -0.546. The van der Waals surface area contributed by atoms with E-state index >= 15 is 0 Å². The summed E-state index contributed by atoms with van der Waals surface area (Å²) in [6.45, 7) is 2.00. The van der Waals surface area contributed by atoms with Gasteiger partial charge in [-0.2, -0.15) is 0 Å². The molecular formula is C14H16N4O. The largest absolute Gasteiger partial charge is 0.398 e. The van der Waals surface area contributed by atoms with E-state index in [0.717, 1.165) is 16.9 Å². The van der Waals surface area contributed by atoms with E-state index < -0.39 is 5.91 Å². The zero-order chi connectivity index (χ0) is 13.8. The second-order valence-corrected chi connectivity index (χ2v) is 4.29. The third kappa shape index (κ3) is 3.01. The van der Waals surface area contributed by atoms with Gasteiger partial charge < -0.3 is 16.8 Å². The smallest absolute Gasteiger partial charge is 0.267 e. The molecule has 1 atom stereocenters. The monoisotopic (exact) mass is 256 g/mol. The van der Waals surface area contributed by atoms with Gasteiger partial charge in [-0.15, -0.1) is 0 Å². The fourth-order valence-corrected chi connectivity index (χ4v) is 1.89. The van der Waals surface area contributed by atoms with E-state index in [1.807, 2.05) is 31.2 Å². The van der Waals surface area contributed by atoms with Crippen LogP contribution in [0.4, 0.5) is 11.4 Å². The van der Waals surface area contributed by atoms with Crippen LogP contribution < -0.4 is 16.8 Å². The van der Waals surface area contributed by atoms with Gasteiger partial charge in [0.15, 0.2) is 0 Å². The van der Waals surface area contributed by atoms with Crippen molar-refractivity contribution >= 4 is 17.3 Å². The summed E-state index contributed by atoms with van der Waals surface area (Å²) in [6.07, 6.45) is 1.55. The third-order valence-corrected chi connectivity index (χ3v) is 2.86. The Balaban J connectivity index is 2.19. The topological polar surface area (TPSA) is 94.0 Å². The summed E-state index contributed by atoms with van der Waals surface area (Å²) in [5.41, 5.74) is 13.9. The summed E-state index contributed by atoms with van der Waals surface area (Å²) >= 11 is 0. The first kappa shape index (κ1) is 12.9. The highest BCUT2D eigenvalue weighted by Gasteiger charge is 2.09. The average molecular weight is 256 g/mol.